The average Bonchev–Trinajstić information content (AvgIpc) is 2.30. The van der Waals surface area contributed by atoms with E-state index in [0.29, 0.717) is 26.4 Å². The van der Waals surface area contributed by atoms with Crippen LogP contribution in [0.3, 0.4) is 0 Å². The van der Waals surface area contributed by atoms with E-state index in [1.165, 1.54) is 0 Å². The van der Waals surface area contributed by atoms with Gasteiger partial charge in [-0.2, -0.15) is 0 Å². The van der Waals surface area contributed by atoms with Crippen LogP contribution < -0.4 is 0 Å². The standard InChI is InChI=1S/C10H16O4/c11-10(8-2-1-3-12-6-8)9-7-13-4-5-14-9/h8-9H,1-7H2. The lowest BCUT2D eigenvalue weighted by atomic mass is 9.94. The first-order valence-corrected chi connectivity index (χ1v) is 5.19. The van der Waals surface area contributed by atoms with E-state index in [4.69, 9.17) is 14.2 Å². The van der Waals surface area contributed by atoms with E-state index in [2.05, 4.69) is 0 Å². The fourth-order valence-electron chi connectivity index (χ4n) is 1.88. The van der Waals surface area contributed by atoms with Gasteiger partial charge in [-0.1, -0.05) is 0 Å². The van der Waals surface area contributed by atoms with Crippen molar-refractivity contribution < 1.29 is 19.0 Å². The van der Waals surface area contributed by atoms with Gasteiger partial charge in [-0.25, -0.2) is 0 Å². The van der Waals surface area contributed by atoms with Crippen molar-refractivity contribution in [2.24, 2.45) is 5.92 Å². The number of hydrogen-bond acceptors (Lipinski definition) is 4. The molecule has 0 amide bonds. The first kappa shape index (κ1) is 10.1. The molecule has 2 unspecified atom stereocenters. The van der Waals surface area contributed by atoms with Crippen LogP contribution in [-0.2, 0) is 19.0 Å². The van der Waals surface area contributed by atoms with Crippen molar-refractivity contribution >= 4 is 5.78 Å². The fraction of sp³-hybridized carbons (Fsp3) is 0.900. The van der Waals surface area contributed by atoms with Gasteiger partial charge < -0.3 is 14.2 Å². The topological polar surface area (TPSA) is 44.8 Å². The summed E-state index contributed by atoms with van der Waals surface area (Å²) >= 11 is 0. The molecular weight excluding hydrogens is 184 g/mol. The van der Waals surface area contributed by atoms with Crippen molar-refractivity contribution in [3.05, 3.63) is 0 Å². The summed E-state index contributed by atoms with van der Waals surface area (Å²) in [6, 6.07) is 0. The summed E-state index contributed by atoms with van der Waals surface area (Å²) in [5.41, 5.74) is 0. The van der Waals surface area contributed by atoms with Gasteiger partial charge in [0.1, 0.15) is 6.10 Å². The first-order valence-electron chi connectivity index (χ1n) is 5.19. The average molecular weight is 200 g/mol. The fourth-order valence-corrected chi connectivity index (χ4v) is 1.88. The van der Waals surface area contributed by atoms with Crippen LogP contribution in [0.25, 0.3) is 0 Å². The zero-order valence-electron chi connectivity index (χ0n) is 8.24. The maximum atomic E-state index is 11.9. The Bertz CT molecular complexity index is 172. The molecule has 0 spiro atoms. The van der Waals surface area contributed by atoms with Crippen molar-refractivity contribution in [3.8, 4) is 0 Å². The van der Waals surface area contributed by atoms with Crippen LogP contribution in [0, 0.1) is 5.92 Å². The molecule has 0 radical (unpaired) electrons. The number of carbonyl (C=O) groups is 1. The van der Waals surface area contributed by atoms with Gasteiger partial charge in [-0.15, -0.1) is 0 Å². The molecule has 0 aliphatic carbocycles. The highest BCUT2D eigenvalue weighted by Crippen LogP contribution is 2.18. The third-order valence-electron chi connectivity index (χ3n) is 2.70. The van der Waals surface area contributed by atoms with Gasteiger partial charge in [-0.05, 0) is 12.8 Å². The largest absolute Gasteiger partial charge is 0.381 e. The molecule has 2 heterocycles. The van der Waals surface area contributed by atoms with E-state index >= 15 is 0 Å². The molecule has 0 aromatic heterocycles. The van der Waals surface area contributed by atoms with Crippen LogP contribution >= 0.6 is 0 Å². The summed E-state index contributed by atoms with van der Waals surface area (Å²) in [6.45, 7) is 2.88. The second-order valence-electron chi connectivity index (χ2n) is 3.75. The van der Waals surface area contributed by atoms with E-state index in [0.717, 1.165) is 19.4 Å². The van der Waals surface area contributed by atoms with E-state index in [1.54, 1.807) is 0 Å². The van der Waals surface area contributed by atoms with Gasteiger partial charge in [0.25, 0.3) is 0 Å². The van der Waals surface area contributed by atoms with Crippen LogP contribution in [-0.4, -0.2) is 44.9 Å². The minimum atomic E-state index is -0.351. The number of Topliss-reactive ketones (excluding diaryl/α,β-unsaturated/α-hetero) is 1. The van der Waals surface area contributed by atoms with E-state index in [-0.39, 0.29) is 17.8 Å². The molecule has 14 heavy (non-hydrogen) atoms. The molecule has 4 heteroatoms. The lowest BCUT2D eigenvalue weighted by molar-refractivity contribution is -0.152. The highest BCUT2D eigenvalue weighted by Gasteiger charge is 2.30. The molecule has 2 rings (SSSR count). The lowest BCUT2D eigenvalue weighted by Gasteiger charge is -2.27. The maximum Gasteiger partial charge on any atom is 0.169 e. The van der Waals surface area contributed by atoms with Gasteiger partial charge in [0.2, 0.25) is 0 Å². The summed E-state index contributed by atoms with van der Waals surface area (Å²) in [5, 5.41) is 0. The van der Waals surface area contributed by atoms with Crippen molar-refractivity contribution in [1.29, 1.82) is 0 Å². The summed E-state index contributed by atoms with van der Waals surface area (Å²) < 4.78 is 15.8. The van der Waals surface area contributed by atoms with Crippen LogP contribution in [0.5, 0.6) is 0 Å². The molecule has 80 valence electrons. The second kappa shape index (κ2) is 4.87. The predicted molar refractivity (Wildman–Crippen MR) is 49.1 cm³/mol. The van der Waals surface area contributed by atoms with Crippen molar-refractivity contribution in [2.45, 2.75) is 18.9 Å². The van der Waals surface area contributed by atoms with Crippen molar-refractivity contribution in [2.75, 3.05) is 33.0 Å². The SMILES string of the molecule is O=C(C1CCCOC1)C1COCCO1. The van der Waals surface area contributed by atoms with Crippen molar-refractivity contribution in [3.63, 3.8) is 0 Å². The third-order valence-corrected chi connectivity index (χ3v) is 2.70. The minimum absolute atomic E-state index is 0.0236. The van der Waals surface area contributed by atoms with Crippen LogP contribution in [0.1, 0.15) is 12.8 Å². The van der Waals surface area contributed by atoms with Crippen LogP contribution in [0.2, 0.25) is 0 Å². The number of rotatable bonds is 2. The van der Waals surface area contributed by atoms with Gasteiger partial charge >= 0.3 is 0 Å². The molecule has 2 aliphatic heterocycles. The van der Waals surface area contributed by atoms with E-state index in [1.807, 2.05) is 0 Å². The predicted octanol–water partition coefficient (Wildman–Crippen LogP) is 0.397. The van der Waals surface area contributed by atoms with Gasteiger partial charge in [0.15, 0.2) is 5.78 Å². The summed E-state index contributed by atoms with van der Waals surface area (Å²) in [5.74, 6) is 0.180. The number of carbonyl (C=O) groups excluding carboxylic acids is 1. The maximum absolute atomic E-state index is 11.9. The molecule has 0 aromatic carbocycles. The Labute approximate surface area is 83.5 Å². The molecule has 2 fully saturated rings. The lowest BCUT2D eigenvalue weighted by Crippen LogP contribution is -2.41. The molecule has 4 nitrogen and oxygen atoms in total. The Hall–Kier alpha value is -0.450. The Kier molecular flexibility index (Phi) is 3.50. The first-order chi connectivity index (χ1) is 6.88. The number of ketones is 1. The number of ether oxygens (including phenoxy) is 3. The zero-order chi connectivity index (χ0) is 9.80. The normalized spacial score (nSPS) is 34.0. The zero-order valence-corrected chi connectivity index (χ0v) is 8.24. The van der Waals surface area contributed by atoms with E-state index in [9.17, 15) is 4.79 Å². The quantitative estimate of drug-likeness (QED) is 0.647. The minimum Gasteiger partial charge on any atom is -0.381 e. The molecule has 2 saturated heterocycles. The van der Waals surface area contributed by atoms with Crippen LogP contribution in [0.15, 0.2) is 0 Å². The third kappa shape index (κ3) is 2.32. The molecule has 0 aromatic rings. The Morgan fingerprint density at radius 1 is 1.07 bits per heavy atom. The summed E-state index contributed by atoms with van der Waals surface area (Å²) in [4.78, 5) is 11.9. The van der Waals surface area contributed by atoms with Crippen LogP contribution in [0.4, 0.5) is 0 Å². The summed E-state index contributed by atoms with van der Waals surface area (Å²) in [6.07, 6.45) is 1.55. The second-order valence-corrected chi connectivity index (χ2v) is 3.75. The van der Waals surface area contributed by atoms with E-state index < -0.39 is 0 Å². The molecule has 0 saturated carbocycles. The highest BCUT2D eigenvalue weighted by atomic mass is 16.6. The molecule has 0 N–H and O–H groups in total. The van der Waals surface area contributed by atoms with Gasteiger partial charge in [0, 0.05) is 12.5 Å². The van der Waals surface area contributed by atoms with Crippen molar-refractivity contribution in [1.82, 2.24) is 0 Å². The Morgan fingerprint density at radius 3 is 2.57 bits per heavy atom. The summed E-state index contributed by atoms with van der Waals surface area (Å²) in [7, 11) is 0. The smallest absolute Gasteiger partial charge is 0.169 e. The molecule has 2 aliphatic rings. The number of hydrogen-bond donors (Lipinski definition) is 0. The monoisotopic (exact) mass is 200 g/mol. The highest BCUT2D eigenvalue weighted by molar-refractivity contribution is 5.85. The molecule has 0 bridgehead atoms. The van der Waals surface area contributed by atoms with Gasteiger partial charge in [-0.3, -0.25) is 4.79 Å². The van der Waals surface area contributed by atoms with Gasteiger partial charge in [0.05, 0.1) is 26.4 Å². The Morgan fingerprint density at radius 2 is 1.93 bits per heavy atom. The Balaban J connectivity index is 1.85. The molecular formula is C10H16O4. The molecule has 2 atom stereocenters.